The van der Waals surface area contributed by atoms with Crippen molar-refractivity contribution in [3.8, 4) is 5.75 Å². The maximum absolute atomic E-state index is 13.0. The number of aromatic nitrogens is 1. The summed E-state index contributed by atoms with van der Waals surface area (Å²) >= 11 is 0. The molecule has 1 amide bonds. The second kappa shape index (κ2) is 7.52. The number of nitrogens with one attached hydrogen (secondary N) is 1. The average Bonchev–Trinajstić information content (AvgIpc) is 3.00. The van der Waals surface area contributed by atoms with E-state index in [9.17, 15) is 23.1 Å². The third-order valence-corrected chi connectivity index (χ3v) is 7.07. The molecule has 2 fully saturated rings. The van der Waals surface area contributed by atoms with Gasteiger partial charge in [-0.05, 0) is 71.7 Å². The van der Waals surface area contributed by atoms with Gasteiger partial charge in [-0.2, -0.15) is 0 Å². The summed E-state index contributed by atoms with van der Waals surface area (Å²) in [5.41, 5.74) is -0.901. The lowest BCUT2D eigenvalue weighted by Crippen LogP contribution is -3.07. The molecule has 1 spiro atoms. The quantitative estimate of drug-likeness (QED) is 0.617. The van der Waals surface area contributed by atoms with Crippen molar-refractivity contribution in [3.05, 3.63) is 29.5 Å². The van der Waals surface area contributed by atoms with Crippen molar-refractivity contribution < 1.29 is 37.9 Å². The molecule has 1 aromatic heterocycles. The first-order valence-corrected chi connectivity index (χ1v) is 11.4. The number of quaternary nitrogens is 1. The number of aromatic amines is 1. The fourth-order valence-corrected chi connectivity index (χ4v) is 6.26. The molecule has 0 saturated carbocycles. The second-order valence-electron chi connectivity index (χ2n) is 11.2. The van der Waals surface area contributed by atoms with Crippen LogP contribution in [0.15, 0.2) is 18.2 Å². The predicted octanol–water partition coefficient (Wildman–Crippen LogP) is 3.73. The van der Waals surface area contributed by atoms with E-state index >= 15 is 0 Å². The Labute approximate surface area is 196 Å². The van der Waals surface area contributed by atoms with E-state index in [0.29, 0.717) is 30.2 Å². The minimum Gasteiger partial charge on any atom is -0.437 e. The molecule has 4 N–H and O–H groups in total. The van der Waals surface area contributed by atoms with E-state index < -0.39 is 23.8 Å². The Bertz CT molecular complexity index is 1100. The molecular formula is C24H33F3N3O4+. The Balaban J connectivity index is 1.61. The van der Waals surface area contributed by atoms with Crippen LogP contribution < -0.4 is 10.1 Å². The molecule has 3 heterocycles. The van der Waals surface area contributed by atoms with E-state index in [2.05, 4.69) is 42.7 Å². The van der Waals surface area contributed by atoms with Gasteiger partial charge >= 0.3 is 12.5 Å². The van der Waals surface area contributed by atoms with Crippen LogP contribution in [0.5, 0.6) is 5.75 Å². The Morgan fingerprint density at radius 2 is 1.79 bits per heavy atom. The molecule has 2 aromatic rings. The van der Waals surface area contributed by atoms with Gasteiger partial charge in [-0.25, -0.2) is 4.79 Å². The van der Waals surface area contributed by atoms with Crippen LogP contribution >= 0.6 is 0 Å². The maximum atomic E-state index is 13.0. The van der Waals surface area contributed by atoms with Crippen molar-refractivity contribution in [2.75, 3.05) is 6.54 Å². The summed E-state index contributed by atoms with van der Waals surface area (Å²) in [6.45, 7) is 11.9. The summed E-state index contributed by atoms with van der Waals surface area (Å²) in [5.74, 6) is -0.310. The Morgan fingerprint density at radius 3 is 2.38 bits per heavy atom. The largest absolute Gasteiger partial charge is 0.573 e. The molecule has 10 heteroatoms. The number of rotatable bonds is 4. The molecular weight excluding hydrogens is 451 g/mol. The number of nitrogens with zero attached hydrogens (tertiary/aromatic N) is 1. The molecule has 2 aliphatic heterocycles. The zero-order valence-corrected chi connectivity index (χ0v) is 20.4. The zero-order chi connectivity index (χ0) is 25.3. The average molecular weight is 485 g/mol. The lowest BCUT2D eigenvalue weighted by atomic mass is 9.68. The number of hydrogen-bond acceptors (Lipinski definition) is 4. The van der Waals surface area contributed by atoms with E-state index in [1.165, 1.54) is 23.1 Å². The van der Waals surface area contributed by atoms with Gasteiger partial charge in [0.15, 0.2) is 11.3 Å². The highest BCUT2D eigenvalue weighted by molar-refractivity contribution is 5.86. The van der Waals surface area contributed by atoms with Gasteiger partial charge in [0.1, 0.15) is 5.75 Å². The van der Waals surface area contributed by atoms with Gasteiger partial charge in [-0.3, -0.25) is 4.90 Å². The number of hydrogen-bond donors (Lipinski definition) is 3. The van der Waals surface area contributed by atoms with E-state index in [1.807, 2.05) is 6.92 Å². The number of aryl methyl sites for hydroxylation is 1. The summed E-state index contributed by atoms with van der Waals surface area (Å²) in [5, 5.41) is 14.5. The number of fused-ring (bicyclic) bond motifs is 1. The van der Waals surface area contributed by atoms with Crippen LogP contribution in [0.1, 0.15) is 58.7 Å². The molecule has 4 rings (SSSR count). The van der Waals surface area contributed by atoms with E-state index in [-0.39, 0.29) is 23.4 Å². The molecule has 0 aliphatic carbocycles. The van der Waals surface area contributed by atoms with Gasteiger partial charge in [0.25, 0.3) is 0 Å². The number of carbonyl (C=O) groups excluding carboxylic acids is 1. The molecule has 34 heavy (non-hydrogen) atoms. The molecule has 0 radical (unpaired) electrons. The SMILES string of the molecule is Cc1[nH]c2ccc(OC(F)(F)F)cc2c1CCN1C(=O)OC2(CC(C)(C)[NH2+]C(C)(C)C2)C1(C)O. The van der Waals surface area contributed by atoms with Crippen molar-refractivity contribution in [3.63, 3.8) is 0 Å². The minimum atomic E-state index is -4.79. The molecule has 2 aliphatic rings. The van der Waals surface area contributed by atoms with Crippen molar-refractivity contribution in [1.29, 1.82) is 0 Å². The van der Waals surface area contributed by atoms with Crippen molar-refractivity contribution in [2.24, 2.45) is 0 Å². The normalized spacial score (nSPS) is 25.7. The zero-order valence-electron chi connectivity index (χ0n) is 20.4. The van der Waals surface area contributed by atoms with Crippen molar-refractivity contribution in [1.82, 2.24) is 9.88 Å². The monoisotopic (exact) mass is 484 g/mol. The summed E-state index contributed by atoms with van der Waals surface area (Å²) in [4.78, 5) is 17.5. The van der Waals surface area contributed by atoms with Crippen molar-refractivity contribution >= 4 is 17.0 Å². The smallest absolute Gasteiger partial charge is 0.437 e. The fraction of sp³-hybridized carbons (Fsp3) is 0.625. The predicted molar refractivity (Wildman–Crippen MR) is 119 cm³/mol. The minimum absolute atomic E-state index is 0.149. The molecule has 1 aromatic carbocycles. The van der Waals surface area contributed by atoms with Crippen LogP contribution in [0, 0.1) is 6.92 Å². The van der Waals surface area contributed by atoms with Crippen molar-refractivity contribution in [2.45, 2.75) is 89.6 Å². The van der Waals surface area contributed by atoms with Gasteiger partial charge < -0.3 is 24.9 Å². The number of H-pyrrole nitrogens is 1. The highest BCUT2D eigenvalue weighted by atomic mass is 19.4. The Hall–Kier alpha value is -2.46. The molecule has 1 unspecified atom stereocenters. The number of benzene rings is 1. The Morgan fingerprint density at radius 1 is 1.18 bits per heavy atom. The van der Waals surface area contributed by atoms with Crippen LogP contribution in [0.2, 0.25) is 0 Å². The van der Waals surface area contributed by atoms with E-state index in [1.54, 1.807) is 6.92 Å². The molecule has 188 valence electrons. The number of nitrogens with two attached hydrogens (primary N) is 1. The van der Waals surface area contributed by atoms with Crippen LogP contribution in [0.3, 0.4) is 0 Å². The topological polar surface area (TPSA) is 91.4 Å². The number of amides is 1. The standard InChI is InChI=1S/C24H32F3N3O4/c1-14-16(17-11-15(33-24(25,26)27)7-8-18(17)28-14)9-10-30-19(31)34-23(22(30,6)32)12-20(2,3)29-21(4,5)13-23/h7-8,11,28-29,32H,9-10,12-13H2,1-6H3/p+1. The Kier molecular flexibility index (Phi) is 5.45. The highest BCUT2D eigenvalue weighted by Gasteiger charge is 2.68. The number of halogens is 3. The lowest BCUT2D eigenvalue weighted by molar-refractivity contribution is -0.793. The third kappa shape index (κ3) is 4.33. The number of ether oxygens (including phenoxy) is 2. The molecule has 7 nitrogen and oxygen atoms in total. The molecule has 0 bridgehead atoms. The van der Waals surface area contributed by atoms with Crippen LogP contribution in [0.25, 0.3) is 10.9 Å². The number of piperidine rings is 1. The molecule has 2 saturated heterocycles. The fourth-order valence-electron chi connectivity index (χ4n) is 6.26. The first-order valence-electron chi connectivity index (χ1n) is 11.4. The van der Waals surface area contributed by atoms with Crippen LogP contribution in [-0.2, 0) is 11.2 Å². The summed E-state index contributed by atoms with van der Waals surface area (Å²) in [6, 6.07) is 4.13. The highest BCUT2D eigenvalue weighted by Crippen LogP contribution is 2.48. The van der Waals surface area contributed by atoms with Gasteiger partial charge in [0, 0.05) is 36.0 Å². The number of alkyl halides is 3. The third-order valence-electron chi connectivity index (χ3n) is 7.07. The van der Waals surface area contributed by atoms with E-state index in [4.69, 9.17) is 4.74 Å². The van der Waals surface area contributed by atoms with Gasteiger partial charge in [-0.15, -0.1) is 13.2 Å². The van der Waals surface area contributed by atoms with Gasteiger partial charge in [-0.1, -0.05) is 0 Å². The molecule has 1 atom stereocenters. The van der Waals surface area contributed by atoms with Crippen LogP contribution in [-0.4, -0.2) is 56.4 Å². The van der Waals surface area contributed by atoms with Crippen LogP contribution in [0.4, 0.5) is 18.0 Å². The maximum Gasteiger partial charge on any atom is 0.573 e. The summed E-state index contributed by atoms with van der Waals surface area (Å²) in [7, 11) is 0. The summed E-state index contributed by atoms with van der Waals surface area (Å²) < 4.78 is 48.1. The number of aliphatic hydroxyl groups is 1. The second-order valence-corrected chi connectivity index (χ2v) is 11.2. The summed E-state index contributed by atoms with van der Waals surface area (Å²) in [6.07, 6.45) is -4.07. The first kappa shape index (κ1) is 24.7. The lowest BCUT2D eigenvalue weighted by Gasteiger charge is -2.51. The van der Waals surface area contributed by atoms with Gasteiger partial charge in [0.2, 0.25) is 0 Å². The number of carbonyl (C=O) groups is 1. The van der Waals surface area contributed by atoms with E-state index in [0.717, 1.165) is 11.3 Å². The first-order chi connectivity index (χ1) is 15.4. The van der Waals surface area contributed by atoms with Gasteiger partial charge in [0.05, 0.1) is 11.1 Å².